The molecule has 1 fully saturated rings. The number of aromatic nitrogens is 1. The molecule has 1 N–H and O–H groups in total. The number of nitrogens with one attached hydrogen (secondary N) is 1. The number of methoxy groups -OCH3 is 1. The second-order valence-corrected chi connectivity index (χ2v) is 9.73. The summed E-state index contributed by atoms with van der Waals surface area (Å²) in [7, 11) is -2.50. The Morgan fingerprint density at radius 1 is 1.06 bits per heavy atom. The molecule has 0 aliphatic carbocycles. The molecule has 34 heavy (non-hydrogen) atoms. The Labute approximate surface area is 198 Å². The van der Waals surface area contributed by atoms with Gasteiger partial charge in [-0.3, -0.25) is 4.79 Å². The third kappa shape index (κ3) is 5.00. The zero-order chi connectivity index (χ0) is 25.0. The van der Waals surface area contributed by atoms with Crippen LogP contribution in [0.4, 0.5) is 0 Å². The fourth-order valence-corrected chi connectivity index (χ4v) is 5.60. The summed E-state index contributed by atoms with van der Waals surface area (Å²) < 4.78 is 42.7. The standard InChI is InChI=1S/C23H28N2O8S/c1-5-32-23(28)20-14(2)21(24-15(20)3)17(26)13-33-22(27)16-8-9-18(31-4)19(12-16)34(29,30)25-10-6-7-11-25/h8-9,12,24H,5-7,10-11,13H2,1-4H3. The summed E-state index contributed by atoms with van der Waals surface area (Å²) in [5, 5.41) is 0. The van der Waals surface area contributed by atoms with Crippen molar-refractivity contribution in [2.45, 2.75) is 38.5 Å². The van der Waals surface area contributed by atoms with Crippen LogP contribution < -0.4 is 4.74 Å². The van der Waals surface area contributed by atoms with E-state index in [0.717, 1.165) is 12.8 Å². The fourth-order valence-electron chi connectivity index (χ4n) is 3.90. The number of aromatic amines is 1. The minimum atomic E-state index is -3.85. The van der Waals surface area contributed by atoms with Gasteiger partial charge in [-0.2, -0.15) is 4.31 Å². The van der Waals surface area contributed by atoms with E-state index in [4.69, 9.17) is 14.2 Å². The quantitative estimate of drug-likeness (QED) is 0.417. The maximum atomic E-state index is 13.0. The van der Waals surface area contributed by atoms with E-state index in [2.05, 4.69) is 4.98 Å². The van der Waals surface area contributed by atoms with Gasteiger partial charge in [0, 0.05) is 18.8 Å². The molecule has 1 aliphatic rings. The summed E-state index contributed by atoms with van der Waals surface area (Å²) in [4.78, 5) is 40.1. The Hall–Kier alpha value is -3.18. The Bertz CT molecular complexity index is 1210. The number of carbonyl (C=O) groups is 3. The van der Waals surface area contributed by atoms with E-state index in [1.807, 2.05) is 0 Å². The van der Waals surface area contributed by atoms with Crippen LogP contribution in [0.25, 0.3) is 0 Å². The first kappa shape index (κ1) is 25.4. The lowest BCUT2D eigenvalue weighted by atomic mass is 10.1. The number of rotatable bonds is 9. The molecule has 0 bridgehead atoms. The van der Waals surface area contributed by atoms with Gasteiger partial charge in [0.25, 0.3) is 0 Å². The van der Waals surface area contributed by atoms with Crippen LogP contribution in [-0.2, 0) is 19.5 Å². The van der Waals surface area contributed by atoms with Crippen molar-refractivity contribution in [3.8, 4) is 5.75 Å². The minimum Gasteiger partial charge on any atom is -0.495 e. The monoisotopic (exact) mass is 492 g/mol. The van der Waals surface area contributed by atoms with E-state index in [-0.39, 0.29) is 34.1 Å². The number of ether oxygens (including phenoxy) is 3. The van der Waals surface area contributed by atoms with Gasteiger partial charge in [0.2, 0.25) is 15.8 Å². The topological polar surface area (TPSA) is 132 Å². The third-order valence-corrected chi connectivity index (χ3v) is 7.53. The zero-order valence-electron chi connectivity index (χ0n) is 19.6. The van der Waals surface area contributed by atoms with Crippen LogP contribution in [-0.4, -0.2) is 68.8 Å². The third-order valence-electron chi connectivity index (χ3n) is 5.61. The average Bonchev–Trinajstić information content (AvgIpc) is 3.45. The van der Waals surface area contributed by atoms with Crippen LogP contribution in [0.2, 0.25) is 0 Å². The normalized spacial score (nSPS) is 14.1. The first-order valence-electron chi connectivity index (χ1n) is 10.9. The lowest BCUT2D eigenvalue weighted by Gasteiger charge is -2.18. The highest BCUT2D eigenvalue weighted by Gasteiger charge is 2.31. The molecule has 1 aliphatic heterocycles. The number of aryl methyl sites for hydroxylation is 1. The summed E-state index contributed by atoms with van der Waals surface area (Å²) >= 11 is 0. The summed E-state index contributed by atoms with van der Waals surface area (Å²) in [5.74, 6) is -1.83. The van der Waals surface area contributed by atoms with Crippen LogP contribution in [0.5, 0.6) is 5.75 Å². The van der Waals surface area contributed by atoms with Gasteiger partial charge >= 0.3 is 11.9 Å². The first-order chi connectivity index (χ1) is 16.1. The molecule has 1 aromatic heterocycles. The van der Waals surface area contributed by atoms with Gasteiger partial charge in [0.15, 0.2) is 6.61 Å². The Morgan fingerprint density at radius 3 is 2.35 bits per heavy atom. The molecule has 2 heterocycles. The number of H-pyrrole nitrogens is 1. The molecule has 0 amide bonds. The highest BCUT2D eigenvalue weighted by atomic mass is 32.2. The maximum Gasteiger partial charge on any atom is 0.340 e. The highest BCUT2D eigenvalue weighted by Crippen LogP contribution is 2.30. The van der Waals surface area contributed by atoms with Crippen LogP contribution >= 0.6 is 0 Å². The number of benzene rings is 1. The van der Waals surface area contributed by atoms with Crippen LogP contribution in [0.1, 0.15) is 62.2 Å². The number of Topliss-reactive ketones (excluding diaryl/α,β-unsaturated/α-hetero) is 1. The summed E-state index contributed by atoms with van der Waals surface area (Å²) in [5.41, 5.74) is 1.25. The van der Waals surface area contributed by atoms with Gasteiger partial charge < -0.3 is 19.2 Å². The van der Waals surface area contributed by atoms with Gasteiger partial charge in [-0.25, -0.2) is 18.0 Å². The van der Waals surface area contributed by atoms with E-state index in [0.29, 0.717) is 24.3 Å². The van der Waals surface area contributed by atoms with Crippen molar-refractivity contribution in [3.05, 3.63) is 46.3 Å². The van der Waals surface area contributed by atoms with Crippen molar-refractivity contribution in [3.63, 3.8) is 0 Å². The van der Waals surface area contributed by atoms with Crippen molar-refractivity contribution in [1.29, 1.82) is 0 Å². The largest absolute Gasteiger partial charge is 0.495 e. The van der Waals surface area contributed by atoms with E-state index >= 15 is 0 Å². The molecule has 1 aromatic carbocycles. The molecule has 0 unspecified atom stereocenters. The van der Waals surface area contributed by atoms with Gasteiger partial charge in [-0.15, -0.1) is 0 Å². The number of sulfonamides is 1. The molecule has 0 saturated carbocycles. The molecular formula is C23H28N2O8S. The summed E-state index contributed by atoms with van der Waals surface area (Å²) in [6, 6.07) is 3.95. The minimum absolute atomic E-state index is 0.0297. The van der Waals surface area contributed by atoms with Crippen molar-refractivity contribution in [2.24, 2.45) is 0 Å². The predicted octanol–water partition coefficient (Wildman–Crippen LogP) is 2.64. The maximum absolute atomic E-state index is 13.0. The lowest BCUT2D eigenvalue weighted by Crippen LogP contribution is -2.28. The van der Waals surface area contributed by atoms with Crippen LogP contribution in [0.15, 0.2) is 23.1 Å². The van der Waals surface area contributed by atoms with E-state index in [9.17, 15) is 22.8 Å². The predicted molar refractivity (Wildman–Crippen MR) is 122 cm³/mol. The van der Waals surface area contributed by atoms with Crippen molar-refractivity contribution < 1.29 is 37.0 Å². The fraction of sp³-hybridized carbons (Fsp3) is 0.435. The lowest BCUT2D eigenvalue weighted by molar-refractivity contribution is 0.0472. The molecular weight excluding hydrogens is 464 g/mol. The second-order valence-electron chi connectivity index (χ2n) is 7.82. The van der Waals surface area contributed by atoms with Gasteiger partial charge in [0.1, 0.15) is 10.6 Å². The second kappa shape index (κ2) is 10.4. The molecule has 2 aromatic rings. The molecule has 0 radical (unpaired) electrons. The van der Waals surface area contributed by atoms with E-state index in [1.54, 1.807) is 20.8 Å². The highest BCUT2D eigenvalue weighted by molar-refractivity contribution is 7.89. The number of esters is 2. The van der Waals surface area contributed by atoms with Gasteiger partial charge in [0.05, 0.1) is 30.5 Å². The Balaban J connectivity index is 1.77. The van der Waals surface area contributed by atoms with Crippen LogP contribution in [0.3, 0.4) is 0 Å². The number of hydrogen-bond donors (Lipinski definition) is 1. The molecule has 1 saturated heterocycles. The molecule has 10 nitrogen and oxygen atoms in total. The van der Waals surface area contributed by atoms with Crippen molar-refractivity contribution in [1.82, 2.24) is 9.29 Å². The van der Waals surface area contributed by atoms with Crippen LogP contribution in [0, 0.1) is 13.8 Å². The molecule has 11 heteroatoms. The Morgan fingerprint density at radius 2 is 1.74 bits per heavy atom. The molecule has 184 valence electrons. The zero-order valence-corrected chi connectivity index (χ0v) is 20.4. The average molecular weight is 493 g/mol. The number of ketones is 1. The molecule has 0 spiro atoms. The number of hydrogen-bond acceptors (Lipinski definition) is 8. The Kier molecular flexibility index (Phi) is 7.78. The van der Waals surface area contributed by atoms with Crippen molar-refractivity contribution in [2.75, 3.05) is 33.4 Å². The first-order valence-corrected chi connectivity index (χ1v) is 12.3. The van der Waals surface area contributed by atoms with Gasteiger partial charge in [-0.1, -0.05) is 0 Å². The van der Waals surface area contributed by atoms with Crippen molar-refractivity contribution >= 4 is 27.7 Å². The smallest absolute Gasteiger partial charge is 0.340 e. The van der Waals surface area contributed by atoms with E-state index in [1.165, 1.54) is 29.6 Å². The van der Waals surface area contributed by atoms with E-state index < -0.39 is 34.4 Å². The summed E-state index contributed by atoms with van der Waals surface area (Å²) in [6.07, 6.45) is 1.53. The number of carbonyl (C=O) groups excluding carboxylic acids is 3. The SMILES string of the molecule is CCOC(=O)c1c(C)[nH]c(C(=O)COC(=O)c2ccc(OC)c(S(=O)(=O)N3CCCC3)c2)c1C. The summed E-state index contributed by atoms with van der Waals surface area (Å²) in [6.45, 7) is 5.32. The molecule has 3 rings (SSSR count). The number of nitrogens with zero attached hydrogens (tertiary/aromatic N) is 1. The van der Waals surface area contributed by atoms with Gasteiger partial charge in [-0.05, 0) is 57.4 Å². The molecule has 0 atom stereocenters.